The summed E-state index contributed by atoms with van der Waals surface area (Å²) in [5.41, 5.74) is 3.85. The molecular weight excluding hydrogens is 338 g/mol. The number of imidazole rings is 1. The van der Waals surface area contributed by atoms with E-state index in [1.807, 2.05) is 29.7 Å². The summed E-state index contributed by atoms with van der Waals surface area (Å²) in [6.07, 6.45) is 1.77. The molecule has 0 aliphatic heterocycles. The number of fused-ring (bicyclic) bond motifs is 1. The topological polar surface area (TPSA) is 30.7 Å². The molecule has 0 radical (unpaired) electrons. The van der Waals surface area contributed by atoms with Gasteiger partial charge in [0.2, 0.25) is 0 Å². The Hall–Kier alpha value is -1.39. The summed E-state index contributed by atoms with van der Waals surface area (Å²) in [5.74, 6) is 0.798. The number of halogens is 2. The number of hydrogen-bond acceptors (Lipinski definition) is 2. The molecule has 1 atom stereocenters. The van der Waals surface area contributed by atoms with E-state index in [1.165, 1.54) is 5.56 Å². The molecule has 20 heavy (non-hydrogen) atoms. The van der Waals surface area contributed by atoms with E-state index in [0.29, 0.717) is 0 Å². The summed E-state index contributed by atoms with van der Waals surface area (Å²) in [7, 11) is 0. The normalized spacial score (nSPS) is 12.8. The van der Waals surface area contributed by atoms with Gasteiger partial charge in [-0.25, -0.2) is 9.97 Å². The number of aromatic nitrogens is 3. The van der Waals surface area contributed by atoms with Gasteiger partial charge in [-0.15, -0.1) is 11.6 Å². The van der Waals surface area contributed by atoms with Crippen LogP contribution in [0.25, 0.3) is 16.9 Å². The van der Waals surface area contributed by atoms with Gasteiger partial charge in [0.1, 0.15) is 11.3 Å². The Balaban J connectivity index is 2.39. The van der Waals surface area contributed by atoms with Crippen LogP contribution in [0, 0.1) is 6.92 Å². The van der Waals surface area contributed by atoms with E-state index in [-0.39, 0.29) is 5.38 Å². The summed E-state index contributed by atoms with van der Waals surface area (Å²) in [6, 6.07) is 10.0. The van der Waals surface area contributed by atoms with Gasteiger partial charge in [-0.3, -0.25) is 4.57 Å². The zero-order chi connectivity index (χ0) is 14.3. The summed E-state index contributed by atoms with van der Waals surface area (Å²) in [4.78, 5) is 9.06. The van der Waals surface area contributed by atoms with Crippen molar-refractivity contribution in [2.45, 2.75) is 19.2 Å². The molecule has 5 heteroatoms. The lowest BCUT2D eigenvalue weighted by Gasteiger charge is -2.12. The molecule has 0 saturated heterocycles. The summed E-state index contributed by atoms with van der Waals surface area (Å²) >= 11 is 9.90. The fourth-order valence-corrected chi connectivity index (χ4v) is 2.80. The first kappa shape index (κ1) is 13.6. The third kappa shape index (κ3) is 2.23. The van der Waals surface area contributed by atoms with Gasteiger partial charge in [-0.2, -0.15) is 0 Å². The molecule has 0 saturated carbocycles. The zero-order valence-corrected chi connectivity index (χ0v) is 13.5. The van der Waals surface area contributed by atoms with Crippen LogP contribution in [0.15, 0.2) is 41.0 Å². The third-order valence-electron chi connectivity index (χ3n) is 3.14. The van der Waals surface area contributed by atoms with Crippen molar-refractivity contribution in [3.63, 3.8) is 0 Å². The molecule has 0 N–H and O–H groups in total. The van der Waals surface area contributed by atoms with Crippen molar-refractivity contribution in [1.29, 1.82) is 0 Å². The van der Waals surface area contributed by atoms with Crippen molar-refractivity contribution >= 4 is 38.7 Å². The molecular formula is C15H13BrClN3. The van der Waals surface area contributed by atoms with Crippen LogP contribution in [-0.2, 0) is 0 Å². The second-order valence-corrected chi connectivity index (χ2v) is 6.23. The Morgan fingerprint density at radius 2 is 2.10 bits per heavy atom. The zero-order valence-electron chi connectivity index (χ0n) is 11.1. The number of hydrogen-bond donors (Lipinski definition) is 0. The lowest BCUT2D eigenvalue weighted by molar-refractivity contribution is 0.874. The van der Waals surface area contributed by atoms with Crippen molar-refractivity contribution in [3.05, 3.63) is 52.4 Å². The Morgan fingerprint density at radius 3 is 2.85 bits per heavy atom. The fraction of sp³-hybridized carbons (Fsp3) is 0.200. The molecule has 3 nitrogen and oxygen atoms in total. The highest BCUT2D eigenvalue weighted by atomic mass is 79.9. The first-order valence-corrected chi connectivity index (χ1v) is 7.55. The predicted octanol–water partition coefficient (Wildman–Crippen LogP) is 4.79. The number of aryl methyl sites for hydroxylation is 1. The van der Waals surface area contributed by atoms with Gasteiger partial charge in [-0.05, 0) is 59.6 Å². The van der Waals surface area contributed by atoms with Crippen LogP contribution in [-0.4, -0.2) is 14.5 Å². The predicted molar refractivity (Wildman–Crippen MR) is 85.6 cm³/mol. The second-order valence-electron chi connectivity index (χ2n) is 4.72. The SMILES string of the molecule is Cc1ccc(Br)c(-n2c(C(C)Cl)nc3cccnc32)c1. The molecule has 2 heterocycles. The average molecular weight is 351 g/mol. The van der Waals surface area contributed by atoms with Gasteiger partial charge in [0.15, 0.2) is 5.65 Å². The highest BCUT2D eigenvalue weighted by Gasteiger charge is 2.18. The van der Waals surface area contributed by atoms with Crippen LogP contribution in [0.2, 0.25) is 0 Å². The molecule has 1 aromatic carbocycles. The maximum atomic E-state index is 6.30. The third-order valence-corrected chi connectivity index (χ3v) is 4.01. The second kappa shape index (κ2) is 5.19. The Kier molecular flexibility index (Phi) is 3.52. The maximum absolute atomic E-state index is 6.30. The average Bonchev–Trinajstić information content (AvgIpc) is 2.81. The highest BCUT2D eigenvalue weighted by Crippen LogP contribution is 2.31. The van der Waals surface area contributed by atoms with Gasteiger partial charge in [0.05, 0.1) is 11.1 Å². The lowest BCUT2D eigenvalue weighted by atomic mass is 10.2. The molecule has 0 spiro atoms. The van der Waals surface area contributed by atoms with Crippen LogP contribution in [0.3, 0.4) is 0 Å². The summed E-state index contributed by atoms with van der Waals surface area (Å²) in [6.45, 7) is 3.98. The van der Waals surface area contributed by atoms with Crippen LogP contribution < -0.4 is 0 Å². The van der Waals surface area contributed by atoms with Crippen LogP contribution in [0.4, 0.5) is 0 Å². The van der Waals surface area contributed by atoms with E-state index < -0.39 is 0 Å². The largest absolute Gasteiger partial charge is 0.278 e. The molecule has 1 unspecified atom stereocenters. The van der Waals surface area contributed by atoms with E-state index in [1.54, 1.807) is 6.20 Å². The molecule has 3 aromatic rings. The number of benzene rings is 1. The minimum Gasteiger partial charge on any atom is -0.278 e. The molecule has 2 aromatic heterocycles. The smallest absolute Gasteiger partial charge is 0.164 e. The van der Waals surface area contributed by atoms with Crippen molar-refractivity contribution in [2.75, 3.05) is 0 Å². The minimum atomic E-state index is -0.198. The first-order chi connectivity index (χ1) is 9.58. The van der Waals surface area contributed by atoms with E-state index >= 15 is 0 Å². The monoisotopic (exact) mass is 349 g/mol. The van der Waals surface area contributed by atoms with Crippen molar-refractivity contribution in [1.82, 2.24) is 14.5 Å². The van der Waals surface area contributed by atoms with Crippen LogP contribution in [0.1, 0.15) is 23.7 Å². The minimum absolute atomic E-state index is 0.198. The lowest BCUT2D eigenvalue weighted by Crippen LogP contribution is -2.03. The van der Waals surface area contributed by atoms with Crippen LogP contribution >= 0.6 is 27.5 Å². The van der Waals surface area contributed by atoms with E-state index in [4.69, 9.17) is 11.6 Å². The molecule has 0 fully saturated rings. The van der Waals surface area contributed by atoms with Gasteiger partial charge < -0.3 is 0 Å². The van der Waals surface area contributed by atoms with Crippen molar-refractivity contribution in [3.8, 4) is 5.69 Å². The summed E-state index contributed by atoms with van der Waals surface area (Å²) < 4.78 is 3.01. The van der Waals surface area contributed by atoms with Crippen molar-refractivity contribution in [2.24, 2.45) is 0 Å². The molecule has 3 rings (SSSR count). The highest BCUT2D eigenvalue weighted by molar-refractivity contribution is 9.10. The quantitative estimate of drug-likeness (QED) is 0.622. The van der Waals surface area contributed by atoms with Crippen molar-refractivity contribution < 1.29 is 0 Å². The molecule has 102 valence electrons. The molecule has 0 aliphatic rings. The Bertz CT molecular complexity index is 780. The van der Waals surface area contributed by atoms with Crippen LogP contribution in [0.5, 0.6) is 0 Å². The Labute approximate surface area is 130 Å². The van der Waals surface area contributed by atoms with E-state index in [9.17, 15) is 0 Å². The molecule has 0 bridgehead atoms. The first-order valence-electron chi connectivity index (χ1n) is 6.32. The number of alkyl halides is 1. The van der Waals surface area contributed by atoms with E-state index in [2.05, 4.69) is 45.0 Å². The number of pyridine rings is 1. The summed E-state index contributed by atoms with van der Waals surface area (Å²) in [5, 5.41) is -0.198. The number of nitrogens with zero attached hydrogens (tertiary/aromatic N) is 3. The number of rotatable bonds is 2. The fourth-order valence-electron chi connectivity index (χ4n) is 2.23. The Morgan fingerprint density at radius 1 is 1.30 bits per heavy atom. The van der Waals surface area contributed by atoms with Gasteiger partial charge >= 0.3 is 0 Å². The maximum Gasteiger partial charge on any atom is 0.164 e. The standard InChI is InChI=1S/C15H13BrClN3/c1-9-5-6-11(16)13(8-9)20-14(10(2)17)19-12-4-3-7-18-15(12)20/h3-8,10H,1-2H3. The molecule has 0 amide bonds. The van der Waals surface area contributed by atoms with Gasteiger partial charge in [-0.1, -0.05) is 6.07 Å². The van der Waals surface area contributed by atoms with Gasteiger partial charge in [0.25, 0.3) is 0 Å². The van der Waals surface area contributed by atoms with E-state index in [0.717, 1.165) is 27.1 Å². The van der Waals surface area contributed by atoms with Gasteiger partial charge in [0, 0.05) is 10.7 Å². The molecule has 0 aliphatic carbocycles.